The minimum absolute atomic E-state index is 0.207. The smallest absolute Gasteiger partial charge is 0.219 e. The maximum absolute atomic E-state index is 14.1. The number of benzene rings is 1. The van der Waals surface area contributed by atoms with Gasteiger partial charge in [-0.3, -0.25) is 9.69 Å². The Morgan fingerprint density at radius 3 is 2.62 bits per heavy atom. The lowest BCUT2D eigenvalue weighted by molar-refractivity contribution is -0.132. The van der Waals surface area contributed by atoms with Crippen LogP contribution in [0.1, 0.15) is 56.6 Å². The van der Waals surface area contributed by atoms with Gasteiger partial charge >= 0.3 is 0 Å². The summed E-state index contributed by atoms with van der Waals surface area (Å²) in [6.07, 6.45) is 6.79. The lowest BCUT2D eigenvalue weighted by Gasteiger charge is -2.40. The van der Waals surface area contributed by atoms with Crippen molar-refractivity contribution >= 4 is 5.91 Å². The number of rotatable bonds is 3. The lowest BCUT2D eigenvalue weighted by atomic mass is 9.86. The first-order chi connectivity index (χ1) is 12.6. The molecule has 140 valence electrons. The topological polar surface area (TPSA) is 47.3 Å². The van der Waals surface area contributed by atoms with E-state index in [4.69, 9.17) is 5.26 Å². The number of halogens is 1. The molecule has 0 aromatic heterocycles. The molecule has 1 atom stereocenters. The lowest BCUT2D eigenvalue weighted by Crippen LogP contribution is -2.47. The Kier molecular flexibility index (Phi) is 6.26. The maximum Gasteiger partial charge on any atom is 0.219 e. The first-order valence-electron chi connectivity index (χ1n) is 9.76. The second-order valence-electron chi connectivity index (χ2n) is 7.66. The molecule has 1 amide bonds. The normalized spacial score (nSPS) is 22.7. The zero-order valence-electron chi connectivity index (χ0n) is 15.6. The van der Waals surface area contributed by atoms with Crippen LogP contribution in [0.2, 0.25) is 0 Å². The van der Waals surface area contributed by atoms with Crippen LogP contribution in [0.15, 0.2) is 18.2 Å². The van der Waals surface area contributed by atoms with Crippen molar-refractivity contribution in [2.45, 2.75) is 58.0 Å². The van der Waals surface area contributed by atoms with Crippen molar-refractivity contribution in [3.8, 4) is 6.07 Å². The maximum atomic E-state index is 14.1. The predicted octanol–water partition coefficient (Wildman–Crippen LogP) is 3.70. The molecule has 0 aliphatic carbocycles. The summed E-state index contributed by atoms with van der Waals surface area (Å²) in [6.45, 7) is 5.06. The fraction of sp³-hybridized carbons (Fsp3) is 0.619. The van der Waals surface area contributed by atoms with Gasteiger partial charge in [-0.1, -0.05) is 18.9 Å². The number of likely N-dealkylation sites (tertiary alicyclic amines) is 2. The Labute approximate surface area is 155 Å². The number of nitriles is 1. The van der Waals surface area contributed by atoms with Crippen molar-refractivity contribution in [3.05, 3.63) is 35.1 Å². The summed E-state index contributed by atoms with van der Waals surface area (Å²) in [5, 5.41) is 8.85. The number of piperidine rings is 1. The van der Waals surface area contributed by atoms with Crippen molar-refractivity contribution in [3.63, 3.8) is 0 Å². The highest BCUT2D eigenvalue weighted by atomic mass is 19.1. The van der Waals surface area contributed by atoms with Gasteiger partial charge in [0.25, 0.3) is 0 Å². The summed E-state index contributed by atoms with van der Waals surface area (Å²) in [5.74, 6) is 0.468. The fourth-order valence-corrected chi connectivity index (χ4v) is 4.50. The third-order valence-electron chi connectivity index (χ3n) is 5.96. The van der Waals surface area contributed by atoms with Gasteiger partial charge in [0.15, 0.2) is 0 Å². The minimum Gasteiger partial charge on any atom is -0.340 e. The summed E-state index contributed by atoms with van der Waals surface area (Å²) in [4.78, 5) is 16.4. The van der Waals surface area contributed by atoms with Gasteiger partial charge in [0.05, 0.1) is 11.6 Å². The monoisotopic (exact) mass is 357 g/mol. The van der Waals surface area contributed by atoms with E-state index in [2.05, 4.69) is 9.80 Å². The van der Waals surface area contributed by atoms with Crippen LogP contribution >= 0.6 is 0 Å². The number of hydrogen-bond acceptors (Lipinski definition) is 3. The molecule has 1 aromatic carbocycles. The van der Waals surface area contributed by atoms with Gasteiger partial charge in [-0.2, -0.15) is 5.26 Å². The summed E-state index contributed by atoms with van der Waals surface area (Å²) in [6, 6.07) is 7.08. The Morgan fingerprint density at radius 2 is 1.96 bits per heavy atom. The van der Waals surface area contributed by atoms with Gasteiger partial charge in [-0.15, -0.1) is 0 Å². The molecule has 0 spiro atoms. The van der Waals surface area contributed by atoms with Crippen LogP contribution in [-0.2, 0) is 11.3 Å². The molecular weight excluding hydrogens is 329 g/mol. The summed E-state index contributed by atoms with van der Waals surface area (Å²) < 4.78 is 14.1. The van der Waals surface area contributed by atoms with E-state index in [0.29, 0.717) is 29.6 Å². The van der Waals surface area contributed by atoms with Gasteiger partial charge < -0.3 is 4.90 Å². The standard InChI is InChI=1S/C21H28FN3O/c1-16(26)25-10-4-2-3-5-21(25)18-8-11-24(12-9-18)15-19-7-6-17(14-23)13-20(19)22/h6-7,13,18,21H,2-5,8-12,15H2,1H3. The number of hydrogen-bond donors (Lipinski definition) is 0. The van der Waals surface area contributed by atoms with E-state index in [1.807, 2.05) is 6.07 Å². The van der Waals surface area contributed by atoms with Crippen LogP contribution in [0.5, 0.6) is 0 Å². The third-order valence-corrected chi connectivity index (χ3v) is 5.96. The molecule has 1 unspecified atom stereocenters. The number of carbonyl (C=O) groups is 1. The van der Waals surface area contributed by atoms with Crippen LogP contribution in [0.25, 0.3) is 0 Å². The van der Waals surface area contributed by atoms with Crippen LogP contribution < -0.4 is 0 Å². The van der Waals surface area contributed by atoms with Gasteiger partial charge in [-0.25, -0.2) is 4.39 Å². The molecule has 2 aliphatic heterocycles. The predicted molar refractivity (Wildman–Crippen MR) is 98.8 cm³/mol. The van der Waals surface area contributed by atoms with E-state index in [0.717, 1.165) is 45.3 Å². The highest BCUT2D eigenvalue weighted by Gasteiger charge is 2.32. The van der Waals surface area contributed by atoms with Crippen LogP contribution in [0.3, 0.4) is 0 Å². The first-order valence-corrected chi connectivity index (χ1v) is 9.76. The number of amides is 1. The van der Waals surface area contributed by atoms with E-state index in [1.165, 1.54) is 18.9 Å². The van der Waals surface area contributed by atoms with Gasteiger partial charge in [-0.05, 0) is 56.8 Å². The van der Waals surface area contributed by atoms with Crippen molar-refractivity contribution in [1.29, 1.82) is 5.26 Å². The van der Waals surface area contributed by atoms with E-state index >= 15 is 0 Å². The van der Waals surface area contributed by atoms with Crippen molar-refractivity contribution in [1.82, 2.24) is 9.80 Å². The largest absolute Gasteiger partial charge is 0.340 e. The van der Waals surface area contributed by atoms with E-state index in [1.54, 1.807) is 19.1 Å². The molecule has 2 fully saturated rings. The Morgan fingerprint density at radius 1 is 1.19 bits per heavy atom. The second-order valence-corrected chi connectivity index (χ2v) is 7.66. The zero-order chi connectivity index (χ0) is 18.5. The fourth-order valence-electron chi connectivity index (χ4n) is 4.50. The SMILES string of the molecule is CC(=O)N1CCCCCC1C1CCN(Cc2ccc(C#N)cc2F)CC1. The van der Waals surface area contributed by atoms with Gasteiger partial charge in [0.2, 0.25) is 5.91 Å². The van der Waals surface area contributed by atoms with Crippen LogP contribution in [0.4, 0.5) is 4.39 Å². The highest BCUT2D eigenvalue weighted by Crippen LogP contribution is 2.30. The van der Waals surface area contributed by atoms with Crippen LogP contribution in [-0.4, -0.2) is 41.4 Å². The number of carbonyl (C=O) groups excluding carboxylic acids is 1. The van der Waals surface area contributed by atoms with Crippen LogP contribution in [0, 0.1) is 23.1 Å². The molecule has 0 N–H and O–H groups in total. The zero-order valence-corrected chi connectivity index (χ0v) is 15.6. The van der Waals surface area contributed by atoms with E-state index in [-0.39, 0.29) is 11.7 Å². The molecule has 0 saturated carbocycles. The van der Waals surface area contributed by atoms with E-state index < -0.39 is 0 Å². The summed E-state index contributed by atoms with van der Waals surface area (Å²) in [7, 11) is 0. The molecule has 5 heteroatoms. The molecular formula is C21H28FN3O. The molecule has 0 radical (unpaired) electrons. The molecule has 3 rings (SSSR count). The highest BCUT2D eigenvalue weighted by molar-refractivity contribution is 5.73. The van der Waals surface area contributed by atoms with Gasteiger partial charge in [0, 0.05) is 31.6 Å². The van der Waals surface area contributed by atoms with Gasteiger partial charge in [0.1, 0.15) is 5.82 Å². The third kappa shape index (κ3) is 4.42. The first kappa shape index (κ1) is 18.8. The quantitative estimate of drug-likeness (QED) is 0.829. The second kappa shape index (κ2) is 8.64. The molecule has 2 aliphatic rings. The minimum atomic E-state index is -0.294. The average Bonchev–Trinajstić information content (AvgIpc) is 2.90. The van der Waals surface area contributed by atoms with Crippen molar-refractivity contribution in [2.24, 2.45) is 5.92 Å². The Bertz CT molecular complexity index is 676. The molecule has 2 heterocycles. The Hall–Kier alpha value is -1.93. The van der Waals surface area contributed by atoms with Crippen molar-refractivity contribution in [2.75, 3.05) is 19.6 Å². The number of nitrogens with zero attached hydrogens (tertiary/aromatic N) is 3. The molecule has 26 heavy (non-hydrogen) atoms. The molecule has 4 nitrogen and oxygen atoms in total. The summed E-state index contributed by atoms with van der Waals surface area (Å²) >= 11 is 0. The Balaban J connectivity index is 1.58. The average molecular weight is 357 g/mol. The molecule has 2 saturated heterocycles. The molecule has 0 bridgehead atoms. The van der Waals surface area contributed by atoms with Crippen molar-refractivity contribution < 1.29 is 9.18 Å². The molecule has 1 aromatic rings. The summed E-state index contributed by atoms with van der Waals surface area (Å²) in [5.41, 5.74) is 1.02. The van der Waals surface area contributed by atoms with E-state index in [9.17, 15) is 9.18 Å².